The zero-order chi connectivity index (χ0) is 22.3. The first-order chi connectivity index (χ1) is 14.1. The summed E-state index contributed by atoms with van der Waals surface area (Å²) in [6, 6.07) is 12.8. The number of hydrogen-bond acceptors (Lipinski definition) is 6. The summed E-state index contributed by atoms with van der Waals surface area (Å²) < 4.78 is 36.1. The van der Waals surface area contributed by atoms with Crippen molar-refractivity contribution in [2.45, 2.75) is 0 Å². The zero-order valence-electron chi connectivity index (χ0n) is 17.3. The first kappa shape index (κ1) is 23.5. The molecule has 2 aromatic rings. The van der Waals surface area contributed by atoms with Gasteiger partial charge in [-0.1, -0.05) is 18.2 Å². The summed E-state index contributed by atoms with van der Waals surface area (Å²) in [5.74, 6) is 0. The highest BCUT2D eigenvalue weighted by Crippen LogP contribution is 2.30. The van der Waals surface area contributed by atoms with Gasteiger partial charge in [-0.25, -0.2) is 23.2 Å². The third kappa shape index (κ3) is 7.22. The molecule has 0 unspecified atom stereocenters. The normalized spacial score (nSPS) is 12.9. The van der Waals surface area contributed by atoms with E-state index in [-0.39, 0.29) is 0 Å². The third-order valence-corrected chi connectivity index (χ3v) is 4.29. The van der Waals surface area contributed by atoms with Crippen molar-refractivity contribution in [2.24, 2.45) is 0 Å². The van der Waals surface area contributed by atoms with Crippen molar-refractivity contribution in [1.29, 1.82) is 0 Å². The van der Waals surface area contributed by atoms with Gasteiger partial charge in [0.1, 0.15) is 14.1 Å². The number of halogens is 1. The van der Waals surface area contributed by atoms with Gasteiger partial charge in [0.25, 0.3) is 0 Å². The van der Waals surface area contributed by atoms with E-state index in [9.17, 15) is 0 Å². The zero-order valence-corrected chi connectivity index (χ0v) is 18.0. The minimum atomic E-state index is -4.94. The van der Waals surface area contributed by atoms with E-state index in [0.29, 0.717) is 0 Å². The van der Waals surface area contributed by atoms with Gasteiger partial charge in [0.2, 0.25) is 0 Å². The minimum absolute atomic E-state index is 1.12. The van der Waals surface area contributed by atoms with Gasteiger partial charge in [0, 0.05) is 49.9 Å². The fraction of sp³-hybridized carbons (Fsp3) is 0.182. The predicted octanol–water partition coefficient (Wildman–Crippen LogP) is -0.967. The van der Waals surface area contributed by atoms with E-state index < -0.39 is 10.2 Å². The number of hydrogen-bond donors (Lipinski definition) is 0. The highest BCUT2D eigenvalue weighted by molar-refractivity contribution is 6.03. The predicted molar refractivity (Wildman–Crippen MR) is 106 cm³/mol. The van der Waals surface area contributed by atoms with Crippen molar-refractivity contribution in [2.75, 3.05) is 33.1 Å². The molecule has 1 aromatic carbocycles. The van der Waals surface area contributed by atoms with E-state index in [0.717, 1.165) is 5.56 Å². The molecule has 0 aliphatic heterocycles. The fourth-order valence-corrected chi connectivity index (χ4v) is 2.86. The molecule has 0 N–H and O–H groups in total. The average Bonchev–Trinajstić information content (AvgIpc) is 2.68. The fourth-order valence-electron chi connectivity index (χ4n) is 2.86. The Morgan fingerprint density at radius 1 is 0.867 bits per heavy atom. The lowest BCUT2D eigenvalue weighted by atomic mass is 9.91. The summed E-state index contributed by atoms with van der Waals surface area (Å²) in [4.78, 5) is 6.42. The Morgan fingerprint density at radius 3 is 1.87 bits per heavy atom. The number of aromatic nitrogens is 1. The number of rotatable bonds is 3. The second-order valence-electron chi connectivity index (χ2n) is 6.88. The van der Waals surface area contributed by atoms with Crippen molar-refractivity contribution in [3.8, 4) is 0 Å². The summed E-state index contributed by atoms with van der Waals surface area (Å²) in [7, 11) is 3.28. The molecule has 0 bridgehead atoms. The monoisotopic (exact) mass is 429 g/mol. The Balaban J connectivity index is 0.000000575. The SMILES string of the molecule is CN(C)c1ccc(C(=C2C=CC(=[N+](C)C)C=C2)c2cccnc2)cc1.[O-][Cl+3]([O-])([O-])[O-]. The maximum absolute atomic E-state index is 8.49. The number of benzene rings is 1. The molecule has 158 valence electrons. The first-order valence-corrected chi connectivity index (χ1v) is 10.2. The van der Waals surface area contributed by atoms with E-state index in [1.165, 1.54) is 28.1 Å². The highest BCUT2D eigenvalue weighted by atomic mass is 35.7. The molecule has 0 fully saturated rings. The van der Waals surface area contributed by atoms with E-state index in [1.54, 1.807) is 0 Å². The maximum Gasteiger partial charge on any atom is 0.199 e. The van der Waals surface area contributed by atoms with Gasteiger partial charge in [-0.2, -0.15) is 0 Å². The van der Waals surface area contributed by atoms with Crippen LogP contribution in [0, 0.1) is 10.2 Å². The molecule has 30 heavy (non-hydrogen) atoms. The number of nitrogens with zero attached hydrogens (tertiary/aromatic N) is 3. The first-order valence-electron chi connectivity index (χ1n) is 9.01. The van der Waals surface area contributed by atoms with Crippen molar-refractivity contribution < 1.29 is 33.5 Å². The largest absolute Gasteiger partial charge is 0.378 e. The van der Waals surface area contributed by atoms with E-state index in [1.807, 2.05) is 18.5 Å². The van der Waals surface area contributed by atoms with Crippen molar-refractivity contribution in [1.82, 2.24) is 4.98 Å². The lowest BCUT2D eigenvalue weighted by molar-refractivity contribution is -2.00. The van der Waals surface area contributed by atoms with Crippen molar-refractivity contribution >= 4 is 17.0 Å². The minimum Gasteiger partial charge on any atom is -0.378 e. The standard InChI is InChI=1S/C22H24N3.ClHO4/c1-24(2)20-11-7-17(8-12-20)22(19-6-5-15-23-16-19)18-9-13-21(14-10-18)25(3)4;2-1(3,4)5/h5-16H,1-4H3;(H,2,3,4,5)/q+1;/p-1. The van der Waals surface area contributed by atoms with Gasteiger partial charge in [-0.05, 0) is 47.1 Å². The van der Waals surface area contributed by atoms with E-state index in [2.05, 4.69) is 97.3 Å². The Bertz CT molecular complexity index is 946. The molecular weight excluding hydrogens is 406 g/mol. The molecule has 0 saturated carbocycles. The van der Waals surface area contributed by atoms with E-state index >= 15 is 0 Å². The molecule has 0 saturated heterocycles. The van der Waals surface area contributed by atoms with Crippen LogP contribution in [-0.4, -0.2) is 43.5 Å². The molecule has 1 aromatic heterocycles. The summed E-state index contributed by atoms with van der Waals surface area (Å²) >= 11 is 0. The van der Waals surface area contributed by atoms with Crippen LogP contribution in [0.1, 0.15) is 11.1 Å². The maximum atomic E-state index is 8.49. The number of pyridine rings is 1. The molecule has 1 heterocycles. The number of anilines is 1. The van der Waals surface area contributed by atoms with Gasteiger partial charge >= 0.3 is 0 Å². The van der Waals surface area contributed by atoms with Gasteiger partial charge < -0.3 is 4.90 Å². The van der Waals surface area contributed by atoms with Gasteiger partial charge in [0.05, 0.1) is 0 Å². The molecule has 0 radical (unpaired) electrons. The molecule has 1 aliphatic carbocycles. The summed E-state index contributed by atoms with van der Waals surface area (Å²) in [5, 5.41) is 0. The topological polar surface area (TPSA) is 111 Å². The van der Waals surface area contributed by atoms with Gasteiger partial charge in [-0.15, -0.1) is 10.2 Å². The summed E-state index contributed by atoms with van der Waals surface area (Å²) in [6.07, 6.45) is 12.4. The Hall–Kier alpha value is -2.81. The third-order valence-electron chi connectivity index (χ3n) is 4.29. The van der Waals surface area contributed by atoms with Crippen LogP contribution in [0.3, 0.4) is 0 Å². The van der Waals surface area contributed by atoms with Gasteiger partial charge in [0.15, 0.2) is 5.71 Å². The van der Waals surface area contributed by atoms with Crippen molar-refractivity contribution in [3.05, 3.63) is 89.8 Å². The van der Waals surface area contributed by atoms with Crippen LogP contribution >= 0.6 is 0 Å². The second kappa shape index (κ2) is 10.3. The Labute approximate surface area is 178 Å². The van der Waals surface area contributed by atoms with Crippen LogP contribution in [0.4, 0.5) is 5.69 Å². The van der Waals surface area contributed by atoms with E-state index in [4.69, 9.17) is 18.6 Å². The lowest BCUT2D eigenvalue weighted by Crippen LogP contribution is -2.68. The van der Waals surface area contributed by atoms with Crippen LogP contribution < -0.4 is 23.5 Å². The molecule has 0 spiro atoms. The molecular formula is C22H24ClN3O4. The van der Waals surface area contributed by atoms with Gasteiger partial charge in [-0.3, -0.25) is 4.98 Å². The molecule has 7 nitrogen and oxygen atoms in total. The molecule has 8 heteroatoms. The quantitative estimate of drug-likeness (QED) is 0.580. The Morgan fingerprint density at radius 2 is 1.43 bits per heavy atom. The second-order valence-corrected chi connectivity index (χ2v) is 7.63. The smallest absolute Gasteiger partial charge is 0.199 e. The molecule has 0 amide bonds. The van der Waals surface area contributed by atoms with Crippen LogP contribution in [0.15, 0.2) is 78.7 Å². The number of allylic oxidation sites excluding steroid dienone is 5. The van der Waals surface area contributed by atoms with Crippen LogP contribution in [0.5, 0.6) is 0 Å². The summed E-state index contributed by atoms with van der Waals surface area (Å²) in [5.41, 5.74) is 7.09. The average molecular weight is 430 g/mol. The summed E-state index contributed by atoms with van der Waals surface area (Å²) in [6.45, 7) is 0. The highest BCUT2D eigenvalue weighted by Gasteiger charge is 2.13. The van der Waals surface area contributed by atoms with Crippen molar-refractivity contribution in [3.63, 3.8) is 0 Å². The molecule has 0 atom stereocenters. The van der Waals surface area contributed by atoms with Crippen LogP contribution in [-0.2, 0) is 0 Å². The molecule has 1 aliphatic rings. The van der Waals surface area contributed by atoms with Crippen LogP contribution in [0.2, 0.25) is 0 Å². The Kier molecular flexibility index (Phi) is 8.05. The van der Waals surface area contributed by atoms with Crippen LogP contribution in [0.25, 0.3) is 5.57 Å². The lowest BCUT2D eigenvalue weighted by Gasteiger charge is -2.17. The molecule has 3 rings (SSSR count).